The van der Waals surface area contributed by atoms with Gasteiger partial charge >= 0.3 is 23.9 Å². The molecule has 55 heavy (non-hydrogen) atoms. The number of carbonyl (C=O) groups excluding carboxylic acids is 5. The summed E-state index contributed by atoms with van der Waals surface area (Å²) in [7, 11) is 0. The van der Waals surface area contributed by atoms with Gasteiger partial charge in [-0.2, -0.15) is 0 Å². The first-order valence-electron chi connectivity index (χ1n) is 18.9. The Morgan fingerprint density at radius 3 is 2.05 bits per heavy atom. The van der Waals surface area contributed by atoms with Crippen LogP contribution in [0.4, 0.5) is 0 Å². The van der Waals surface area contributed by atoms with Crippen LogP contribution in [0.2, 0.25) is 0 Å². The molecule has 3 heterocycles. The third kappa shape index (κ3) is 13.3. The molecule has 0 aromatic heterocycles. The second kappa shape index (κ2) is 21.9. The van der Waals surface area contributed by atoms with Crippen molar-refractivity contribution < 1.29 is 71.3 Å². The predicted molar refractivity (Wildman–Crippen MR) is 191 cm³/mol. The maximum Gasteiger partial charge on any atom is 0.303 e. The van der Waals surface area contributed by atoms with E-state index >= 15 is 0 Å². The Kier molecular flexibility index (Phi) is 17.3. The van der Waals surface area contributed by atoms with Crippen LogP contribution in [0.5, 0.6) is 0 Å². The topological polar surface area (TPSA) is 190 Å². The van der Waals surface area contributed by atoms with E-state index in [4.69, 9.17) is 47.4 Å². The first-order chi connectivity index (χ1) is 26.4. The minimum atomic E-state index is -1.58. The number of fused-ring (bicyclic) bond motifs is 1. The highest BCUT2D eigenvalue weighted by molar-refractivity contribution is 5.73. The first-order valence-corrected chi connectivity index (χ1v) is 18.9. The van der Waals surface area contributed by atoms with E-state index in [1.807, 2.05) is 36.4 Å². The van der Waals surface area contributed by atoms with E-state index in [-0.39, 0.29) is 6.61 Å². The van der Waals surface area contributed by atoms with E-state index in [9.17, 15) is 24.0 Å². The van der Waals surface area contributed by atoms with Crippen molar-refractivity contribution in [1.29, 1.82) is 0 Å². The minimum absolute atomic E-state index is 0.0385. The fourth-order valence-corrected chi connectivity index (χ4v) is 6.71. The molecule has 306 valence electrons. The molecule has 3 aliphatic heterocycles. The molecule has 1 amide bonds. The van der Waals surface area contributed by atoms with Gasteiger partial charge in [0, 0.05) is 40.2 Å². The minimum Gasteiger partial charge on any atom is -0.471 e. The fourth-order valence-electron chi connectivity index (χ4n) is 6.71. The predicted octanol–water partition coefficient (Wildman–Crippen LogP) is 4.08. The Labute approximate surface area is 321 Å². The molecule has 1 aromatic rings. The molecule has 1 unspecified atom stereocenters. The van der Waals surface area contributed by atoms with Crippen molar-refractivity contribution in [1.82, 2.24) is 5.32 Å². The molecule has 0 aliphatic carbocycles. The lowest BCUT2D eigenvalue weighted by atomic mass is 9.94. The molecule has 1 aromatic carbocycles. The summed E-state index contributed by atoms with van der Waals surface area (Å²) in [6, 6.07) is 8.12. The maximum absolute atomic E-state index is 12.8. The largest absolute Gasteiger partial charge is 0.471 e. The number of ether oxygens (including phenoxy) is 10. The van der Waals surface area contributed by atoms with Crippen molar-refractivity contribution in [2.75, 3.05) is 13.2 Å². The van der Waals surface area contributed by atoms with Gasteiger partial charge in [-0.1, -0.05) is 69.4 Å². The smallest absolute Gasteiger partial charge is 0.303 e. The van der Waals surface area contributed by atoms with Crippen LogP contribution >= 0.6 is 0 Å². The average Bonchev–Trinajstić information content (AvgIpc) is 3.13. The van der Waals surface area contributed by atoms with Crippen LogP contribution in [-0.4, -0.2) is 104 Å². The molecular formula is C39H55NO15. The number of hydrogen-bond donors (Lipinski definition) is 1. The summed E-state index contributed by atoms with van der Waals surface area (Å²) in [5.74, 6) is -3.49. The molecule has 16 nitrogen and oxygen atoms in total. The highest BCUT2D eigenvalue weighted by atomic mass is 16.8. The highest BCUT2D eigenvalue weighted by Crippen LogP contribution is 2.38. The van der Waals surface area contributed by atoms with Gasteiger partial charge in [0.1, 0.15) is 37.1 Å². The maximum atomic E-state index is 12.8. The van der Waals surface area contributed by atoms with Crippen molar-refractivity contribution in [2.45, 2.75) is 154 Å². The third-order valence-corrected chi connectivity index (χ3v) is 9.05. The number of unbranched alkanes of at least 4 members (excludes halogenated alkanes) is 6. The number of rotatable bonds is 18. The number of nitrogens with one attached hydrogen (secondary N) is 1. The van der Waals surface area contributed by atoms with Crippen LogP contribution < -0.4 is 5.32 Å². The molecule has 11 atom stereocenters. The molecule has 0 saturated carbocycles. The van der Waals surface area contributed by atoms with Crippen LogP contribution in [0, 0.1) is 0 Å². The number of benzene rings is 1. The Hall–Kier alpha value is -4.09. The first kappa shape index (κ1) is 43.6. The molecule has 4 rings (SSSR count). The zero-order valence-corrected chi connectivity index (χ0v) is 32.4. The van der Waals surface area contributed by atoms with Crippen LogP contribution in [0.3, 0.4) is 0 Å². The van der Waals surface area contributed by atoms with Crippen LogP contribution in [-0.2, 0) is 71.3 Å². The Morgan fingerprint density at radius 1 is 0.745 bits per heavy atom. The summed E-state index contributed by atoms with van der Waals surface area (Å²) >= 11 is 0. The summed E-state index contributed by atoms with van der Waals surface area (Å²) in [5, 5.41) is 2.87. The molecule has 3 aliphatic rings. The van der Waals surface area contributed by atoms with Crippen molar-refractivity contribution in [2.24, 2.45) is 0 Å². The summed E-state index contributed by atoms with van der Waals surface area (Å²) in [6.07, 6.45) is -1.15. The lowest BCUT2D eigenvalue weighted by Gasteiger charge is -2.51. The third-order valence-electron chi connectivity index (χ3n) is 9.05. The number of allylic oxidation sites excluding steroid dienone is 1. The van der Waals surface area contributed by atoms with Gasteiger partial charge in [0.25, 0.3) is 0 Å². The molecule has 0 spiro atoms. The number of esters is 4. The quantitative estimate of drug-likeness (QED) is 0.0971. The molecule has 16 heteroatoms. The van der Waals surface area contributed by atoms with Crippen LogP contribution in [0.1, 0.15) is 98.3 Å². The monoisotopic (exact) mass is 777 g/mol. The highest BCUT2D eigenvalue weighted by Gasteiger charge is 2.57. The van der Waals surface area contributed by atoms with Gasteiger partial charge in [0.2, 0.25) is 12.2 Å². The molecule has 1 N–H and O–H groups in total. The summed E-state index contributed by atoms with van der Waals surface area (Å²) in [4.78, 5) is 62.0. The number of hydrogen-bond acceptors (Lipinski definition) is 15. The van der Waals surface area contributed by atoms with E-state index in [2.05, 4.69) is 12.2 Å². The van der Waals surface area contributed by atoms with E-state index in [0.717, 1.165) is 46.5 Å². The standard InChI is InChI=1S/C39H55NO15/c1-7-8-9-10-11-12-13-17-20-46-38-31(40-23(2)41)34(32-30(52-38)22-48-37(54-32)28-18-15-14-16-19-28)55-39-36(51-27(6)45)35(50-26(5)44)33(49-25(4)43)29(53-39)21-47-24(3)42/h14-20,29-39H,7-13,21-22H2,1-6H3,(H,40,41)/t29-,30-,31-,32+,33+,34-,35+,36-,37?,38-,39+/m1/s1. The van der Waals surface area contributed by atoms with Gasteiger partial charge < -0.3 is 52.7 Å². The van der Waals surface area contributed by atoms with Crippen LogP contribution in [0.15, 0.2) is 42.7 Å². The average molecular weight is 778 g/mol. The number of carbonyl (C=O) groups is 5. The van der Waals surface area contributed by atoms with Gasteiger partial charge in [0.05, 0.1) is 12.9 Å². The molecule has 0 radical (unpaired) electrons. The Balaban J connectivity index is 1.71. The fraction of sp³-hybridized carbons (Fsp3) is 0.667. The van der Waals surface area contributed by atoms with E-state index in [1.165, 1.54) is 39.4 Å². The van der Waals surface area contributed by atoms with Gasteiger partial charge in [-0.15, -0.1) is 0 Å². The second-order valence-electron chi connectivity index (χ2n) is 13.7. The van der Waals surface area contributed by atoms with E-state index < -0.39 is 104 Å². The van der Waals surface area contributed by atoms with E-state index in [0.29, 0.717) is 5.56 Å². The molecule has 3 saturated heterocycles. The Morgan fingerprint density at radius 2 is 1.40 bits per heavy atom. The summed E-state index contributed by atoms with van der Waals surface area (Å²) in [5.41, 5.74) is 0.707. The molecular weight excluding hydrogens is 722 g/mol. The number of amides is 1. The molecule has 3 fully saturated rings. The SMILES string of the molecule is CCCCCCCCC=CO[C@@H]1O[C@@H]2COC(c3ccccc3)O[C@@H]2[C@H](O[C@@H]2O[C@H](COC(C)=O)[C@H](OC(C)=O)[C@H](OC(C)=O)[C@H]2OC(C)=O)[C@H]1NC(C)=O. The van der Waals surface area contributed by atoms with Crippen LogP contribution in [0.25, 0.3) is 0 Å². The Bertz CT molecular complexity index is 1440. The lowest BCUT2D eigenvalue weighted by molar-refractivity contribution is -0.375. The van der Waals surface area contributed by atoms with Gasteiger partial charge in [-0.05, 0) is 18.9 Å². The lowest BCUT2D eigenvalue weighted by Crippen LogP contribution is -2.70. The molecule has 0 bridgehead atoms. The van der Waals surface area contributed by atoms with Gasteiger partial charge in [-0.25, -0.2) is 0 Å². The van der Waals surface area contributed by atoms with Crippen molar-refractivity contribution in [3.05, 3.63) is 48.2 Å². The van der Waals surface area contributed by atoms with E-state index in [1.54, 1.807) is 0 Å². The van der Waals surface area contributed by atoms with Crippen molar-refractivity contribution in [3.8, 4) is 0 Å². The second-order valence-corrected chi connectivity index (χ2v) is 13.7. The summed E-state index contributed by atoms with van der Waals surface area (Å²) in [6.45, 7) is 7.64. The van der Waals surface area contributed by atoms with Crippen molar-refractivity contribution >= 4 is 29.8 Å². The zero-order chi connectivity index (χ0) is 39.9. The summed E-state index contributed by atoms with van der Waals surface area (Å²) < 4.78 is 60.0. The normalized spacial score (nSPS) is 30.4. The van der Waals surface area contributed by atoms with Gasteiger partial charge in [-0.3, -0.25) is 24.0 Å². The zero-order valence-electron chi connectivity index (χ0n) is 32.4. The van der Waals surface area contributed by atoms with Crippen molar-refractivity contribution in [3.63, 3.8) is 0 Å². The van der Waals surface area contributed by atoms with Gasteiger partial charge in [0.15, 0.2) is 30.9 Å².